The lowest BCUT2D eigenvalue weighted by atomic mass is 10.0. The highest BCUT2D eigenvalue weighted by Gasteiger charge is 2.31. The van der Waals surface area contributed by atoms with Crippen LogP contribution >= 0.6 is 0 Å². The number of hydrogen-bond acceptors (Lipinski definition) is 4. The maximum Gasteiger partial charge on any atom is 0.311 e. The molecule has 0 saturated carbocycles. The molecule has 12 heavy (non-hydrogen) atoms. The first-order chi connectivity index (χ1) is 5.74. The summed E-state index contributed by atoms with van der Waals surface area (Å²) in [7, 11) is 0. The molecule has 1 aliphatic rings. The van der Waals surface area contributed by atoms with E-state index >= 15 is 0 Å². The smallest absolute Gasteiger partial charge is 0.311 e. The van der Waals surface area contributed by atoms with Crippen molar-refractivity contribution in [3.05, 3.63) is 0 Å². The van der Waals surface area contributed by atoms with Crippen LogP contribution in [0.3, 0.4) is 0 Å². The minimum Gasteiger partial charge on any atom is -0.465 e. The number of nitrogens with zero attached hydrogens (tertiary/aromatic N) is 1. The zero-order valence-electron chi connectivity index (χ0n) is 7.45. The van der Waals surface area contributed by atoms with Crippen molar-refractivity contribution in [3.8, 4) is 0 Å². The lowest BCUT2D eigenvalue weighted by molar-refractivity contribution is -0.154. The van der Waals surface area contributed by atoms with E-state index in [1.165, 1.54) is 0 Å². The summed E-state index contributed by atoms with van der Waals surface area (Å²) in [5.74, 6) is 5.31. The number of carbonyl (C=O) groups is 1. The molecule has 0 atom stereocenters. The van der Waals surface area contributed by atoms with Gasteiger partial charge in [-0.3, -0.25) is 10.6 Å². The molecule has 0 amide bonds. The molecular formula is C8H16N2O2. The summed E-state index contributed by atoms with van der Waals surface area (Å²) in [5.41, 5.74) is 0. The van der Waals surface area contributed by atoms with Crippen LogP contribution in [0.25, 0.3) is 0 Å². The second kappa shape index (κ2) is 4.42. The molecule has 4 heteroatoms. The summed E-state index contributed by atoms with van der Waals surface area (Å²) in [4.78, 5) is 11.1. The molecule has 1 rings (SSSR count). The third kappa shape index (κ3) is 2.46. The van der Waals surface area contributed by atoms with Gasteiger partial charge in [0.1, 0.15) is 0 Å². The topological polar surface area (TPSA) is 55.6 Å². The van der Waals surface area contributed by atoms with Crippen LogP contribution in [0.5, 0.6) is 0 Å². The van der Waals surface area contributed by atoms with Crippen LogP contribution in [0.4, 0.5) is 0 Å². The maximum atomic E-state index is 11.1. The molecule has 0 unspecified atom stereocenters. The number of hydrogen-bond donors (Lipinski definition) is 1. The van der Waals surface area contributed by atoms with E-state index in [1.54, 1.807) is 5.01 Å². The van der Waals surface area contributed by atoms with Gasteiger partial charge >= 0.3 is 5.97 Å². The molecule has 1 saturated heterocycles. The van der Waals surface area contributed by atoms with E-state index in [-0.39, 0.29) is 11.9 Å². The quantitative estimate of drug-likeness (QED) is 0.372. The van der Waals surface area contributed by atoms with E-state index in [0.717, 1.165) is 12.8 Å². The first kappa shape index (κ1) is 9.48. The van der Waals surface area contributed by atoms with E-state index in [1.807, 2.05) is 0 Å². The van der Waals surface area contributed by atoms with Crippen LogP contribution in [-0.4, -0.2) is 30.7 Å². The Hall–Kier alpha value is -0.610. The normalized spacial score (nSPS) is 18.8. The molecule has 1 heterocycles. The predicted molar refractivity (Wildman–Crippen MR) is 45.1 cm³/mol. The van der Waals surface area contributed by atoms with Crippen LogP contribution < -0.4 is 5.84 Å². The largest absolute Gasteiger partial charge is 0.465 e. The average molecular weight is 172 g/mol. The fraction of sp³-hybridized carbons (Fsp3) is 0.875. The van der Waals surface area contributed by atoms with Crippen molar-refractivity contribution in [2.45, 2.75) is 19.8 Å². The standard InChI is InChI=1S/C8H16N2O2/c1-2-3-4-12-8(11)7-5-10(9)6-7/h7H,2-6,9H2,1H3. The number of esters is 1. The van der Waals surface area contributed by atoms with Crippen molar-refractivity contribution >= 4 is 5.97 Å². The van der Waals surface area contributed by atoms with Gasteiger partial charge in [-0.05, 0) is 6.42 Å². The molecule has 1 aliphatic heterocycles. The second-order valence-corrected chi connectivity index (χ2v) is 3.17. The minimum atomic E-state index is -0.0925. The Morgan fingerprint density at radius 3 is 2.83 bits per heavy atom. The predicted octanol–water partition coefficient (Wildman–Crippen LogP) is 0.135. The summed E-state index contributed by atoms with van der Waals surface area (Å²) < 4.78 is 5.01. The monoisotopic (exact) mass is 172 g/mol. The van der Waals surface area contributed by atoms with Gasteiger partial charge in [-0.15, -0.1) is 0 Å². The zero-order chi connectivity index (χ0) is 8.97. The maximum absolute atomic E-state index is 11.1. The number of nitrogens with two attached hydrogens (primary N) is 1. The lowest BCUT2D eigenvalue weighted by Gasteiger charge is -2.33. The molecule has 2 N–H and O–H groups in total. The van der Waals surface area contributed by atoms with E-state index in [2.05, 4.69) is 6.92 Å². The SMILES string of the molecule is CCCCOC(=O)C1CN(N)C1. The van der Waals surface area contributed by atoms with Crippen LogP contribution in [0.2, 0.25) is 0 Å². The van der Waals surface area contributed by atoms with Gasteiger partial charge in [0.2, 0.25) is 0 Å². The van der Waals surface area contributed by atoms with Gasteiger partial charge in [0.15, 0.2) is 0 Å². The van der Waals surface area contributed by atoms with Gasteiger partial charge in [0, 0.05) is 13.1 Å². The van der Waals surface area contributed by atoms with Gasteiger partial charge in [0.25, 0.3) is 0 Å². The third-order valence-electron chi connectivity index (χ3n) is 1.99. The number of carbonyl (C=O) groups excluding carboxylic acids is 1. The highest BCUT2D eigenvalue weighted by molar-refractivity contribution is 5.73. The molecule has 0 radical (unpaired) electrons. The highest BCUT2D eigenvalue weighted by atomic mass is 16.5. The minimum absolute atomic E-state index is 0.0202. The Labute approximate surface area is 72.6 Å². The van der Waals surface area contributed by atoms with E-state index in [0.29, 0.717) is 19.7 Å². The highest BCUT2D eigenvalue weighted by Crippen LogP contribution is 2.12. The second-order valence-electron chi connectivity index (χ2n) is 3.17. The number of hydrazine groups is 1. The van der Waals surface area contributed by atoms with Crippen LogP contribution in [0.1, 0.15) is 19.8 Å². The molecule has 1 fully saturated rings. The van der Waals surface area contributed by atoms with Crippen molar-refractivity contribution in [1.29, 1.82) is 0 Å². The summed E-state index contributed by atoms with van der Waals surface area (Å²) in [5, 5.41) is 1.62. The summed E-state index contributed by atoms with van der Waals surface area (Å²) in [6.07, 6.45) is 2.01. The van der Waals surface area contributed by atoms with Crippen molar-refractivity contribution in [2.24, 2.45) is 11.8 Å². The van der Waals surface area contributed by atoms with E-state index < -0.39 is 0 Å². The molecule has 70 valence electrons. The molecular weight excluding hydrogens is 156 g/mol. The summed E-state index contributed by atoms with van der Waals surface area (Å²) in [6.45, 7) is 3.91. The van der Waals surface area contributed by atoms with Gasteiger partial charge in [-0.1, -0.05) is 13.3 Å². The molecule has 0 spiro atoms. The molecule has 0 aliphatic carbocycles. The Morgan fingerprint density at radius 1 is 1.67 bits per heavy atom. The summed E-state index contributed by atoms with van der Waals surface area (Å²) in [6, 6.07) is 0. The number of ether oxygens (including phenoxy) is 1. The number of rotatable bonds is 4. The lowest BCUT2D eigenvalue weighted by Crippen LogP contribution is -2.54. The zero-order valence-corrected chi connectivity index (χ0v) is 7.45. The first-order valence-electron chi connectivity index (χ1n) is 4.40. The molecule has 4 nitrogen and oxygen atoms in total. The molecule has 0 bridgehead atoms. The molecule has 0 aromatic rings. The van der Waals surface area contributed by atoms with E-state index in [4.69, 9.17) is 10.6 Å². The van der Waals surface area contributed by atoms with Crippen molar-refractivity contribution in [3.63, 3.8) is 0 Å². The van der Waals surface area contributed by atoms with Gasteiger partial charge in [-0.25, -0.2) is 5.01 Å². The molecule has 0 aromatic heterocycles. The molecule has 0 aromatic carbocycles. The Morgan fingerprint density at radius 2 is 2.33 bits per heavy atom. The van der Waals surface area contributed by atoms with Crippen LogP contribution in [0, 0.1) is 5.92 Å². The van der Waals surface area contributed by atoms with Crippen molar-refractivity contribution < 1.29 is 9.53 Å². The fourth-order valence-electron chi connectivity index (χ4n) is 1.10. The van der Waals surface area contributed by atoms with Crippen molar-refractivity contribution in [2.75, 3.05) is 19.7 Å². The van der Waals surface area contributed by atoms with E-state index in [9.17, 15) is 4.79 Å². The Balaban J connectivity index is 2.04. The third-order valence-corrected chi connectivity index (χ3v) is 1.99. The average Bonchev–Trinajstić information content (AvgIpc) is 1.99. The van der Waals surface area contributed by atoms with Gasteiger partial charge in [0.05, 0.1) is 12.5 Å². The fourth-order valence-corrected chi connectivity index (χ4v) is 1.10. The van der Waals surface area contributed by atoms with Crippen LogP contribution in [-0.2, 0) is 9.53 Å². The first-order valence-corrected chi connectivity index (χ1v) is 4.40. The van der Waals surface area contributed by atoms with Gasteiger partial charge < -0.3 is 4.74 Å². The van der Waals surface area contributed by atoms with Crippen LogP contribution in [0.15, 0.2) is 0 Å². The Kier molecular flexibility index (Phi) is 3.49. The van der Waals surface area contributed by atoms with Gasteiger partial charge in [-0.2, -0.15) is 0 Å². The van der Waals surface area contributed by atoms with Crippen molar-refractivity contribution in [1.82, 2.24) is 5.01 Å². The summed E-state index contributed by atoms with van der Waals surface area (Å²) >= 11 is 0. The Bertz CT molecular complexity index is 155. The number of unbranched alkanes of at least 4 members (excludes halogenated alkanes) is 1.